The molecule has 25 nitrogen and oxygen atoms in total. The first-order valence-electron chi connectivity index (χ1n) is 30.2. The lowest BCUT2D eigenvalue weighted by molar-refractivity contribution is -0.386. The molecule has 0 aromatic heterocycles. The maximum atomic E-state index is 15.3. The number of nitro groups is 1. The maximum Gasteiger partial charge on any atom is 0.336 e. The summed E-state index contributed by atoms with van der Waals surface area (Å²) in [7, 11) is -0.700. The van der Waals surface area contributed by atoms with Crippen LogP contribution in [0, 0.1) is 24.0 Å². The van der Waals surface area contributed by atoms with Crippen LogP contribution in [-0.2, 0) is 41.0 Å². The molecule has 4 amide bonds. The number of sulfonamides is 1. The Kier molecular flexibility index (Phi) is 22.3. The van der Waals surface area contributed by atoms with Gasteiger partial charge in [0, 0.05) is 84.1 Å². The van der Waals surface area contributed by atoms with Crippen LogP contribution in [0.1, 0.15) is 85.0 Å². The number of nitrogens with one attached hydrogen (secondary N) is 5. The predicted octanol–water partition coefficient (Wildman–Crippen LogP) is 8.90. The minimum Gasteiger partial charge on any atom is -0.508 e. The fraction of sp³-hybridized carbons (Fsp3) is 0.294. The number of nitro benzene ring substituents is 1. The number of amides is 4. The molecule has 6 aromatic carbocycles. The van der Waals surface area contributed by atoms with Gasteiger partial charge < -0.3 is 57.4 Å². The Morgan fingerprint density at radius 3 is 1.97 bits per heavy atom. The third-order valence-corrected chi connectivity index (χ3v) is 17.5. The summed E-state index contributed by atoms with van der Waals surface area (Å²) in [5.41, 5.74) is 14.3. The Morgan fingerprint density at radius 2 is 1.33 bits per heavy atom. The van der Waals surface area contributed by atoms with E-state index in [1.165, 1.54) is 98.8 Å². The van der Waals surface area contributed by atoms with E-state index in [9.17, 15) is 57.8 Å². The highest BCUT2D eigenvalue weighted by Gasteiger charge is 2.45. The van der Waals surface area contributed by atoms with Crippen LogP contribution in [0.25, 0.3) is 33.4 Å². The Balaban J connectivity index is 1.02. The number of aromatic hydroxyl groups is 2. The molecule has 0 spiro atoms. The average Bonchev–Trinajstić information content (AvgIpc) is 0.760. The average molecular weight is 1300 g/mol. The number of phenolic OH excluding ortho intramolecular Hbond substituents is 2. The van der Waals surface area contributed by atoms with Crippen molar-refractivity contribution in [2.45, 2.75) is 107 Å². The van der Waals surface area contributed by atoms with Gasteiger partial charge in [-0.05, 0) is 172 Å². The van der Waals surface area contributed by atoms with Gasteiger partial charge in [0.1, 0.15) is 47.0 Å². The molecule has 94 heavy (non-hydrogen) atoms. The zero-order valence-electron chi connectivity index (χ0n) is 52.6. The summed E-state index contributed by atoms with van der Waals surface area (Å²) in [5.74, 6) is -5.12. The van der Waals surface area contributed by atoms with Crippen molar-refractivity contribution in [3.8, 4) is 33.9 Å². The van der Waals surface area contributed by atoms with Crippen molar-refractivity contribution in [3.05, 3.63) is 188 Å². The number of anilines is 2. The van der Waals surface area contributed by atoms with E-state index in [1.54, 1.807) is 56.3 Å². The standard InChI is InChI=1S/C68H75N11O14S/c1-39-33-40(2)61(57(34-39)79(89)90)68(3,4)62(74-64(84)55(12-7-9-31-69)77-94(91,92)49-26-17-43(18-27-49)76-75-42-15-20-45(21-16-42)78(5)6)66(86)73-56(35-41-13-22-46(80)23-14-41)65(85)72-54(63(70)83)11-8-10-32-71-44-19-28-50(53(36-44)67(87)88)60-51-29-24-47(81)37-58(51)93-59-38-48(82)25-30-52(59)60/h13-30,33-34,36-38,54-56,62,71,77,80-81H,7-12,31-32,35,69H2,1-6H3,(H2,70,83)(H,72,85)(H,73,86)(H,74,84)(H,87,88)/t54-,55-,56-,62?/m0/s1. The van der Waals surface area contributed by atoms with Crippen molar-refractivity contribution in [2.75, 3.05) is 37.4 Å². The van der Waals surface area contributed by atoms with Crippen molar-refractivity contribution >= 4 is 79.0 Å². The smallest absolute Gasteiger partial charge is 0.336 e. The molecule has 6 aromatic rings. The molecular weight excluding hydrogens is 1230 g/mol. The number of unbranched alkanes of at least 4 members (excludes halogenated alkanes) is 2. The maximum absolute atomic E-state index is 15.3. The number of carbonyl (C=O) groups is 5. The number of aryl methyl sites for hydroxylation is 2. The summed E-state index contributed by atoms with van der Waals surface area (Å²) in [4.78, 5) is 97.2. The summed E-state index contributed by atoms with van der Waals surface area (Å²) in [6.45, 7) is 6.69. The summed E-state index contributed by atoms with van der Waals surface area (Å²) in [5, 5.41) is 64.0. The minimum absolute atomic E-state index is 0.00693. The molecule has 0 fully saturated rings. The molecule has 0 saturated carbocycles. The number of nitrogens with two attached hydrogens (primary N) is 2. The molecule has 12 N–H and O–H groups in total. The van der Waals surface area contributed by atoms with Crippen LogP contribution >= 0.6 is 0 Å². The monoisotopic (exact) mass is 1300 g/mol. The Bertz CT molecular complexity index is 4290. The lowest BCUT2D eigenvalue weighted by Crippen LogP contribution is -2.63. The molecule has 1 heterocycles. The van der Waals surface area contributed by atoms with Gasteiger partial charge in [-0.1, -0.05) is 44.5 Å². The second kappa shape index (κ2) is 30.2. The Labute approximate surface area is 542 Å². The summed E-state index contributed by atoms with van der Waals surface area (Å²) in [6.07, 6.45) is 0.871. The van der Waals surface area contributed by atoms with Crippen molar-refractivity contribution in [3.63, 3.8) is 0 Å². The van der Waals surface area contributed by atoms with E-state index >= 15 is 4.79 Å². The van der Waals surface area contributed by atoms with E-state index in [4.69, 9.17) is 15.9 Å². The van der Waals surface area contributed by atoms with Gasteiger partial charge in [-0.3, -0.25) is 34.1 Å². The van der Waals surface area contributed by atoms with Crippen LogP contribution in [0.5, 0.6) is 11.5 Å². The molecule has 0 bridgehead atoms. The highest BCUT2D eigenvalue weighted by molar-refractivity contribution is 7.89. The fourth-order valence-electron chi connectivity index (χ4n) is 11.3. The zero-order chi connectivity index (χ0) is 68.2. The normalized spacial score (nSPS) is 13.0. The van der Waals surface area contributed by atoms with Crippen LogP contribution in [-0.4, -0.2) is 110 Å². The first kappa shape index (κ1) is 69.3. The molecule has 26 heteroatoms. The number of nitrogens with zero attached hydrogens (tertiary/aromatic N) is 4. The van der Waals surface area contributed by atoms with Crippen LogP contribution in [0.3, 0.4) is 0 Å². The van der Waals surface area contributed by atoms with E-state index < -0.39 is 74.1 Å². The number of carboxylic acid groups (broad SMARTS) is 1. The first-order chi connectivity index (χ1) is 44.6. The molecule has 1 aliphatic heterocycles. The summed E-state index contributed by atoms with van der Waals surface area (Å²) < 4.78 is 36.8. The lowest BCUT2D eigenvalue weighted by atomic mass is 9.74. The predicted molar refractivity (Wildman–Crippen MR) is 356 cm³/mol. The van der Waals surface area contributed by atoms with Crippen molar-refractivity contribution in [1.29, 1.82) is 0 Å². The molecule has 1 aliphatic carbocycles. The fourth-order valence-corrected chi connectivity index (χ4v) is 12.5. The molecule has 4 atom stereocenters. The molecule has 0 radical (unpaired) electrons. The van der Waals surface area contributed by atoms with Crippen LogP contribution < -0.4 is 47.8 Å². The number of primary amides is 1. The Hall–Kier alpha value is -10.6. The topological polar surface area (TPSA) is 394 Å². The van der Waals surface area contributed by atoms with E-state index in [-0.39, 0.29) is 95.2 Å². The van der Waals surface area contributed by atoms with Crippen LogP contribution in [0.4, 0.5) is 28.4 Å². The minimum atomic E-state index is -4.50. The van der Waals surface area contributed by atoms with E-state index in [0.29, 0.717) is 68.7 Å². The number of azo groups is 1. The van der Waals surface area contributed by atoms with E-state index in [1.807, 2.05) is 31.1 Å². The number of phenols is 2. The molecule has 0 saturated heterocycles. The van der Waals surface area contributed by atoms with Crippen molar-refractivity contribution < 1.29 is 57.1 Å². The molecular formula is C68H75N11O14S. The number of rotatable bonds is 30. The molecule has 2 aliphatic rings. The molecule has 492 valence electrons. The van der Waals surface area contributed by atoms with E-state index in [0.717, 1.165) is 5.69 Å². The second-order valence-electron chi connectivity index (χ2n) is 23.7. The number of fused-ring (bicyclic) bond motifs is 2. The van der Waals surface area contributed by atoms with Gasteiger partial charge in [0.25, 0.3) is 5.69 Å². The SMILES string of the molecule is Cc1cc(C)c(C(C)(C)C(NC(=O)[C@H](CCCCN)NS(=O)(=O)c2ccc(N=Nc3ccc(N(C)C)cc3)cc2)C(=O)N[C@@H](Cc2ccc(O)cc2)C(=O)N[C@@H](CCCCNc2ccc(-c3c4ccc(=O)cc-4oc4cc(O)ccc34)c(C(=O)O)c2)C(N)=O)c([N+](=O)[O-])c1. The number of benzene rings is 7. The second-order valence-corrected chi connectivity index (χ2v) is 25.4. The van der Waals surface area contributed by atoms with Gasteiger partial charge in [-0.15, -0.1) is 0 Å². The number of aromatic carboxylic acids is 1. The number of carboxylic acids is 1. The number of hydrogen-bond donors (Lipinski definition) is 10. The van der Waals surface area contributed by atoms with Gasteiger partial charge >= 0.3 is 5.97 Å². The third kappa shape index (κ3) is 17.1. The van der Waals surface area contributed by atoms with Gasteiger partial charge in [0.2, 0.25) is 33.7 Å². The van der Waals surface area contributed by atoms with Gasteiger partial charge in [0.05, 0.1) is 26.8 Å². The number of hydrogen-bond acceptors (Lipinski definition) is 18. The zero-order valence-corrected chi connectivity index (χ0v) is 53.5. The van der Waals surface area contributed by atoms with Crippen molar-refractivity contribution in [1.82, 2.24) is 20.7 Å². The van der Waals surface area contributed by atoms with Crippen LogP contribution in [0.2, 0.25) is 0 Å². The molecule has 8 rings (SSSR count). The van der Waals surface area contributed by atoms with E-state index in [2.05, 4.69) is 36.2 Å². The summed E-state index contributed by atoms with van der Waals surface area (Å²) >= 11 is 0. The third-order valence-electron chi connectivity index (χ3n) is 16.0. The largest absolute Gasteiger partial charge is 0.508 e. The lowest BCUT2D eigenvalue weighted by Gasteiger charge is -2.37. The first-order valence-corrected chi connectivity index (χ1v) is 31.7. The van der Waals surface area contributed by atoms with Crippen molar-refractivity contribution in [2.24, 2.45) is 21.7 Å². The van der Waals surface area contributed by atoms with Gasteiger partial charge in [0.15, 0.2) is 5.43 Å². The number of carbonyl (C=O) groups excluding carboxylic acids is 4. The summed E-state index contributed by atoms with van der Waals surface area (Å²) in [6, 6.07) is 28.5. The van der Waals surface area contributed by atoms with Gasteiger partial charge in [-0.25, -0.2) is 13.2 Å². The van der Waals surface area contributed by atoms with Crippen LogP contribution in [0.15, 0.2) is 164 Å². The van der Waals surface area contributed by atoms with Gasteiger partial charge in [-0.2, -0.15) is 15.0 Å². The highest BCUT2D eigenvalue weighted by Crippen LogP contribution is 2.43. The molecule has 1 unspecified atom stereocenters. The quantitative estimate of drug-likeness (QED) is 0.00660. The highest BCUT2D eigenvalue weighted by atomic mass is 32.2. The Morgan fingerprint density at radius 1 is 0.713 bits per heavy atom.